The standard InChI is InChI=1S/2C19H13ClN2O3S.C3H7NO/c2*1-9-5-10(2)17-13(23)8-15(25-14(17)6-9)18(24)22-19-21-12-4-3-11(20)7-16(12)26-19;1-4(2)3-5/h2*3-8H,1-2H3,(H,21,22,24);3H,1-2H3. The van der Waals surface area contributed by atoms with Crippen LogP contribution >= 0.6 is 45.9 Å². The van der Waals surface area contributed by atoms with E-state index < -0.39 is 11.8 Å². The molecule has 16 heteroatoms. The molecule has 2 N–H and O–H groups in total. The molecule has 0 radical (unpaired) electrons. The molecule has 12 nitrogen and oxygen atoms in total. The molecular weight excluding hydrogens is 810 g/mol. The third-order valence-corrected chi connectivity index (χ3v) is 10.5. The smallest absolute Gasteiger partial charge is 0.293 e. The summed E-state index contributed by atoms with van der Waals surface area (Å²) in [5, 5.41) is 8.37. The molecule has 0 atom stereocenters. The van der Waals surface area contributed by atoms with Crippen LogP contribution in [0.5, 0.6) is 0 Å². The highest BCUT2D eigenvalue weighted by Gasteiger charge is 2.18. The predicted octanol–water partition coefficient (Wildman–Crippen LogP) is 9.55. The number of carbonyl (C=O) groups is 3. The molecule has 8 aromatic rings. The molecule has 4 heterocycles. The normalized spacial score (nSPS) is 10.8. The summed E-state index contributed by atoms with van der Waals surface area (Å²) < 4.78 is 13.1. The Morgan fingerprint density at radius 1 is 0.649 bits per heavy atom. The molecule has 8 rings (SSSR count). The maximum atomic E-state index is 12.5. The molecule has 4 aromatic heterocycles. The number of rotatable bonds is 5. The van der Waals surface area contributed by atoms with Crippen molar-refractivity contribution in [1.82, 2.24) is 14.9 Å². The van der Waals surface area contributed by atoms with Gasteiger partial charge in [0.15, 0.2) is 32.6 Å². The lowest BCUT2D eigenvalue weighted by molar-refractivity contribution is -0.115. The van der Waals surface area contributed by atoms with Crippen molar-refractivity contribution in [3.05, 3.63) is 137 Å². The molecule has 0 unspecified atom stereocenters. The van der Waals surface area contributed by atoms with Crippen LogP contribution in [-0.2, 0) is 4.79 Å². The minimum Gasteiger partial charge on any atom is -0.451 e. The molecule has 57 heavy (non-hydrogen) atoms. The first-order valence-corrected chi connectivity index (χ1v) is 19.4. The number of anilines is 2. The molecule has 0 fully saturated rings. The van der Waals surface area contributed by atoms with Gasteiger partial charge >= 0.3 is 0 Å². The first kappa shape index (κ1) is 40.7. The quantitative estimate of drug-likeness (QED) is 0.161. The lowest BCUT2D eigenvalue weighted by Crippen LogP contribution is -2.15. The topological polar surface area (TPSA) is 165 Å². The number of benzene rings is 4. The zero-order valence-electron chi connectivity index (χ0n) is 31.3. The number of fused-ring (bicyclic) bond motifs is 4. The fourth-order valence-electron chi connectivity index (χ4n) is 5.77. The summed E-state index contributed by atoms with van der Waals surface area (Å²) in [7, 11) is 3.38. The van der Waals surface area contributed by atoms with Gasteiger partial charge in [0.05, 0.1) is 31.2 Å². The number of hydrogen-bond acceptors (Lipinski definition) is 11. The van der Waals surface area contributed by atoms with Crippen molar-refractivity contribution in [3.63, 3.8) is 0 Å². The van der Waals surface area contributed by atoms with Crippen LogP contribution < -0.4 is 21.5 Å². The fraction of sp³-hybridized carbons (Fsp3) is 0.146. The molecule has 0 aliphatic carbocycles. The van der Waals surface area contributed by atoms with Gasteiger partial charge in [-0.15, -0.1) is 0 Å². The summed E-state index contributed by atoms with van der Waals surface area (Å²) in [6, 6.07) is 20.4. The number of thiazole rings is 2. The van der Waals surface area contributed by atoms with Crippen LogP contribution in [0, 0.1) is 27.7 Å². The van der Waals surface area contributed by atoms with E-state index in [4.69, 9.17) is 32.0 Å². The summed E-state index contributed by atoms with van der Waals surface area (Å²) in [5.41, 5.74) is 5.34. The van der Waals surface area contributed by atoms with Crippen LogP contribution in [0.15, 0.2) is 91.2 Å². The Labute approximate surface area is 342 Å². The molecule has 0 aliphatic heterocycles. The number of nitrogens with one attached hydrogen (secondary N) is 2. The van der Waals surface area contributed by atoms with E-state index in [0.717, 1.165) is 49.1 Å². The molecule has 0 spiro atoms. The number of amides is 3. The third-order valence-electron chi connectivity index (χ3n) is 8.14. The monoisotopic (exact) mass is 841 g/mol. The highest BCUT2D eigenvalue weighted by molar-refractivity contribution is 7.22. The van der Waals surface area contributed by atoms with Crippen LogP contribution in [-0.4, -0.2) is 47.2 Å². The van der Waals surface area contributed by atoms with Crippen molar-refractivity contribution >= 4 is 117 Å². The number of aromatic nitrogens is 2. The van der Waals surface area contributed by atoms with Gasteiger partial charge in [-0.2, -0.15) is 0 Å². The highest BCUT2D eigenvalue weighted by Crippen LogP contribution is 2.30. The summed E-state index contributed by atoms with van der Waals surface area (Å²) >= 11 is 14.5. The van der Waals surface area contributed by atoms with Gasteiger partial charge < -0.3 is 13.7 Å². The Morgan fingerprint density at radius 3 is 1.40 bits per heavy atom. The number of hydrogen-bond donors (Lipinski definition) is 2. The molecule has 0 saturated carbocycles. The Bertz CT molecular complexity index is 2790. The van der Waals surface area contributed by atoms with E-state index in [1.807, 2.05) is 39.8 Å². The molecule has 0 aliphatic rings. The molecule has 290 valence electrons. The summed E-state index contributed by atoms with van der Waals surface area (Å²) in [6.45, 7) is 7.51. The van der Waals surface area contributed by atoms with E-state index >= 15 is 0 Å². The number of carbonyl (C=O) groups excluding carboxylic acids is 3. The van der Waals surface area contributed by atoms with E-state index in [-0.39, 0.29) is 22.4 Å². The fourth-order valence-corrected chi connectivity index (χ4v) is 8.05. The van der Waals surface area contributed by atoms with Crippen molar-refractivity contribution in [2.24, 2.45) is 0 Å². The predicted molar refractivity (Wildman–Crippen MR) is 229 cm³/mol. The zero-order valence-corrected chi connectivity index (χ0v) is 34.4. The Kier molecular flexibility index (Phi) is 12.2. The Balaban J connectivity index is 0.000000173. The van der Waals surface area contributed by atoms with Gasteiger partial charge in [0.25, 0.3) is 11.8 Å². The molecule has 3 amide bonds. The maximum absolute atomic E-state index is 12.5. The first-order chi connectivity index (χ1) is 27.1. The first-order valence-electron chi connectivity index (χ1n) is 17.1. The number of nitrogens with zero attached hydrogens (tertiary/aromatic N) is 3. The van der Waals surface area contributed by atoms with Gasteiger partial charge in [0, 0.05) is 36.3 Å². The third kappa shape index (κ3) is 9.55. The highest BCUT2D eigenvalue weighted by atomic mass is 35.5. The van der Waals surface area contributed by atoms with Crippen LogP contribution in [0.2, 0.25) is 10.0 Å². The van der Waals surface area contributed by atoms with E-state index in [9.17, 15) is 24.0 Å². The maximum Gasteiger partial charge on any atom is 0.293 e. The average Bonchev–Trinajstić information content (AvgIpc) is 3.72. The van der Waals surface area contributed by atoms with Gasteiger partial charge in [-0.1, -0.05) is 58.0 Å². The van der Waals surface area contributed by atoms with Crippen molar-refractivity contribution in [2.45, 2.75) is 27.7 Å². The lowest BCUT2D eigenvalue weighted by atomic mass is 10.1. The van der Waals surface area contributed by atoms with Crippen LogP contribution in [0.1, 0.15) is 43.4 Å². The minimum atomic E-state index is -0.520. The average molecular weight is 843 g/mol. The second-order valence-corrected chi connectivity index (χ2v) is 16.0. The lowest BCUT2D eigenvalue weighted by Gasteiger charge is -2.05. The van der Waals surface area contributed by atoms with Gasteiger partial charge in [0.2, 0.25) is 6.41 Å². The van der Waals surface area contributed by atoms with Crippen LogP contribution in [0.4, 0.5) is 10.3 Å². The zero-order chi connectivity index (χ0) is 41.1. The van der Waals surface area contributed by atoms with Gasteiger partial charge in [-0.25, -0.2) is 9.97 Å². The molecule has 0 saturated heterocycles. The molecular formula is C41H33Cl2N5O7S2. The van der Waals surface area contributed by atoms with Crippen LogP contribution in [0.25, 0.3) is 42.4 Å². The van der Waals surface area contributed by atoms with E-state index in [2.05, 4.69) is 20.6 Å². The van der Waals surface area contributed by atoms with Crippen molar-refractivity contribution < 1.29 is 23.2 Å². The molecule has 0 bridgehead atoms. The SMILES string of the molecule is CN(C)C=O.Cc1cc(C)c2c(=O)cc(C(=O)Nc3nc4ccc(Cl)cc4s3)oc2c1.Cc1cc(C)c2c(=O)cc(C(=O)Nc3nc4ccc(Cl)cc4s3)oc2c1. The number of halogens is 2. The van der Waals surface area contributed by atoms with Gasteiger partial charge in [-0.3, -0.25) is 34.6 Å². The molecule has 4 aromatic carbocycles. The van der Waals surface area contributed by atoms with E-state index in [0.29, 0.717) is 42.2 Å². The van der Waals surface area contributed by atoms with E-state index in [1.165, 1.54) is 39.7 Å². The second-order valence-electron chi connectivity index (χ2n) is 13.1. The van der Waals surface area contributed by atoms with Gasteiger partial charge in [0.1, 0.15) is 11.2 Å². The van der Waals surface area contributed by atoms with Crippen molar-refractivity contribution in [3.8, 4) is 0 Å². The van der Waals surface area contributed by atoms with Crippen molar-refractivity contribution in [1.29, 1.82) is 0 Å². The van der Waals surface area contributed by atoms with Crippen LogP contribution in [0.3, 0.4) is 0 Å². The van der Waals surface area contributed by atoms with Gasteiger partial charge in [-0.05, 0) is 98.5 Å². The Hall–Kier alpha value is -5.93. The number of aryl methyl sites for hydroxylation is 4. The second kappa shape index (κ2) is 17.1. The van der Waals surface area contributed by atoms with E-state index in [1.54, 1.807) is 62.6 Å². The summed E-state index contributed by atoms with van der Waals surface area (Å²) in [5.74, 6) is -1.14. The minimum absolute atomic E-state index is 0.0511. The Morgan fingerprint density at radius 2 is 1.04 bits per heavy atom. The van der Waals surface area contributed by atoms with Crippen molar-refractivity contribution in [2.75, 3.05) is 24.7 Å². The largest absolute Gasteiger partial charge is 0.451 e. The summed E-state index contributed by atoms with van der Waals surface area (Å²) in [6.07, 6.45) is 0.750. The summed E-state index contributed by atoms with van der Waals surface area (Å²) in [4.78, 5) is 69.4.